The summed E-state index contributed by atoms with van der Waals surface area (Å²) in [7, 11) is -3.63. The van der Waals surface area contributed by atoms with E-state index in [0.29, 0.717) is 12.8 Å². The maximum absolute atomic E-state index is 11.9. The van der Waals surface area contributed by atoms with Crippen molar-refractivity contribution in [1.82, 2.24) is 9.71 Å². The Bertz CT molecular complexity index is 549. The number of aromatic amines is 1. The van der Waals surface area contributed by atoms with Crippen molar-refractivity contribution in [1.29, 1.82) is 0 Å². The average molecular weight is 254 g/mol. The Labute approximate surface area is 100 Å². The highest BCUT2D eigenvalue weighted by Crippen LogP contribution is 2.07. The molecule has 0 amide bonds. The zero-order valence-electron chi connectivity index (χ0n) is 9.43. The highest BCUT2D eigenvalue weighted by molar-refractivity contribution is 7.89. The third-order valence-corrected chi connectivity index (χ3v) is 3.76. The number of sulfonamides is 1. The fourth-order valence-electron chi connectivity index (χ4n) is 1.26. The normalized spacial score (nSPS) is 12.9. The number of aromatic nitrogens is 1. The largest absolute Gasteiger partial charge is 0.328 e. The molecule has 2 N–H and O–H groups in total. The number of H-pyrrole nitrogens is 1. The molecule has 0 aliphatic heterocycles. The number of hydrogen-bond acceptors (Lipinski definition) is 3. The molecule has 1 unspecified atom stereocenters. The Hall–Kier alpha value is -1.58. The van der Waals surface area contributed by atoms with E-state index < -0.39 is 10.0 Å². The fraction of sp³-hybridized carbons (Fsp3) is 0.364. The lowest BCUT2D eigenvalue weighted by atomic mass is 10.2. The Kier molecular flexibility index (Phi) is 4.49. The highest BCUT2D eigenvalue weighted by Gasteiger charge is 2.18. The van der Waals surface area contributed by atoms with Gasteiger partial charge in [-0.15, -0.1) is 12.3 Å². The van der Waals surface area contributed by atoms with Crippen LogP contribution in [0.25, 0.3) is 0 Å². The predicted molar refractivity (Wildman–Crippen MR) is 64.9 cm³/mol. The van der Waals surface area contributed by atoms with Gasteiger partial charge in [-0.25, -0.2) is 13.1 Å². The summed E-state index contributed by atoms with van der Waals surface area (Å²) in [5.41, 5.74) is -0.348. The molecular formula is C11H14N2O3S. The van der Waals surface area contributed by atoms with Crippen molar-refractivity contribution in [2.75, 3.05) is 0 Å². The summed E-state index contributed by atoms with van der Waals surface area (Å²) in [5, 5.41) is 0. The number of terminal acetylenes is 1. The van der Waals surface area contributed by atoms with E-state index in [1.807, 2.05) is 6.92 Å². The van der Waals surface area contributed by atoms with Gasteiger partial charge < -0.3 is 4.98 Å². The first-order valence-electron chi connectivity index (χ1n) is 5.14. The first-order chi connectivity index (χ1) is 7.99. The zero-order valence-corrected chi connectivity index (χ0v) is 10.3. The molecule has 0 aliphatic carbocycles. The van der Waals surface area contributed by atoms with Gasteiger partial charge in [0.25, 0.3) is 0 Å². The van der Waals surface area contributed by atoms with Gasteiger partial charge >= 0.3 is 0 Å². The minimum absolute atomic E-state index is 0.0209. The predicted octanol–water partition coefficient (Wildman–Crippen LogP) is 0.455. The van der Waals surface area contributed by atoms with Crippen LogP contribution < -0.4 is 10.3 Å². The second kappa shape index (κ2) is 5.66. The summed E-state index contributed by atoms with van der Waals surface area (Å²) in [6.45, 7) is 1.84. The first-order valence-corrected chi connectivity index (χ1v) is 6.62. The van der Waals surface area contributed by atoms with E-state index in [-0.39, 0.29) is 16.5 Å². The zero-order chi connectivity index (χ0) is 12.9. The molecule has 17 heavy (non-hydrogen) atoms. The number of nitrogens with one attached hydrogen (secondary N) is 2. The van der Waals surface area contributed by atoms with Gasteiger partial charge in [-0.05, 0) is 12.5 Å². The van der Waals surface area contributed by atoms with Crippen LogP contribution in [0.4, 0.5) is 0 Å². The molecule has 1 heterocycles. The summed E-state index contributed by atoms with van der Waals surface area (Å²) >= 11 is 0. The van der Waals surface area contributed by atoms with Gasteiger partial charge in [0, 0.05) is 24.7 Å². The van der Waals surface area contributed by atoms with Gasteiger partial charge in [0.05, 0.1) is 4.90 Å². The molecule has 0 fully saturated rings. The summed E-state index contributed by atoms with van der Waals surface area (Å²) < 4.78 is 26.3. The van der Waals surface area contributed by atoms with Crippen LogP contribution in [0.1, 0.15) is 19.8 Å². The monoisotopic (exact) mass is 254 g/mol. The van der Waals surface area contributed by atoms with Crippen LogP contribution in [-0.4, -0.2) is 19.4 Å². The van der Waals surface area contributed by atoms with Crippen molar-refractivity contribution < 1.29 is 8.42 Å². The molecule has 5 nitrogen and oxygen atoms in total. The van der Waals surface area contributed by atoms with Crippen molar-refractivity contribution in [3.8, 4) is 12.3 Å². The van der Waals surface area contributed by atoms with Crippen LogP contribution in [0.15, 0.2) is 28.0 Å². The van der Waals surface area contributed by atoms with Crippen LogP contribution in [0.2, 0.25) is 0 Å². The minimum Gasteiger partial charge on any atom is -0.328 e. The van der Waals surface area contributed by atoms with E-state index in [1.165, 1.54) is 6.07 Å². The molecule has 0 aliphatic rings. The summed E-state index contributed by atoms with van der Waals surface area (Å²) in [6.07, 6.45) is 7.25. The van der Waals surface area contributed by atoms with Gasteiger partial charge in [-0.2, -0.15) is 0 Å². The van der Waals surface area contributed by atoms with Crippen LogP contribution in [-0.2, 0) is 10.0 Å². The summed E-state index contributed by atoms with van der Waals surface area (Å²) in [4.78, 5) is 13.2. The Morgan fingerprint density at radius 1 is 1.53 bits per heavy atom. The van der Waals surface area contributed by atoms with Crippen LogP contribution in [0.3, 0.4) is 0 Å². The van der Waals surface area contributed by atoms with E-state index in [4.69, 9.17) is 6.42 Å². The van der Waals surface area contributed by atoms with Crippen LogP contribution in [0, 0.1) is 12.3 Å². The molecule has 1 atom stereocenters. The summed E-state index contributed by atoms with van der Waals surface area (Å²) in [5.74, 6) is 2.42. The second-order valence-corrected chi connectivity index (χ2v) is 5.24. The Morgan fingerprint density at radius 3 is 2.71 bits per heavy atom. The molecule has 1 aromatic heterocycles. The van der Waals surface area contributed by atoms with Gasteiger partial charge in [-0.3, -0.25) is 4.79 Å². The maximum Gasteiger partial charge on any atom is 0.247 e. The molecule has 92 valence electrons. The standard InChI is InChI=1S/C11H14N2O3S/c1-3-5-9(4-2)13-17(15,16)10-6-7-11(14)12-8-10/h1,6-9,13H,4-5H2,2H3,(H,12,14). The molecule has 0 spiro atoms. The molecule has 0 saturated heterocycles. The maximum atomic E-state index is 11.9. The van der Waals surface area contributed by atoms with Crippen molar-refractivity contribution in [3.05, 3.63) is 28.7 Å². The van der Waals surface area contributed by atoms with E-state index in [9.17, 15) is 13.2 Å². The Morgan fingerprint density at radius 2 is 2.24 bits per heavy atom. The molecule has 1 aromatic rings. The molecule has 0 radical (unpaired) electrons. The van der Waals surface area contributed by atoms with Crippen molar-refractivity contribution in [2.45, 2.75) is 30.7 Å². The van der Waals surface area contributed by atoms with E-state index >= 15 is 0 Å². The second-order valence-electron chi connectivity index (χ2n) is 3.52. The number of pyridine rings is 1. The molecule has 6 heteroatoms. The molecule has 1 rings (SSSR count). The van der Waals surface area contributed by atoms with Crippen molar-refractivity contribution in [2.24, 2.45) is 0 Å². The summed E-state index contributed by atoms with van der Waals surface area (Å²) in [6, 6.07) is 2.12. The third kappa shape index (κ3) is 3.73. The van der Waals surface area contributed by atoms with Crippen LogP contribution >= 0.6 is 0 Å². The van der Waals surface area contributed by atoms with Crippen molar-refractivity contribution in [3.63, 3.8) is 0 Å². The molecular weight excluding hydrogens is 240 g/mol. The van der Waals surface area contributed by atoms with E-state index in [2.05, 4.69) is 15.6 Å². The first kappa shape index (κ1) is 13.5. The minimum atomic E-state index is -3.63. The van der Waals surface area contributed by atoms with E-state index in [0.717, 1.165) is 12.3 Å². The van der Waals surface area contributed by atoms with Gasteiger partial charge in [0.15, 0.2) is 0 Å². The SMILES string of the molecule is C#CCC(CC)NS(=O)(=O)c1ccc(=O)[nH]c1. The Balaban J connectivity index is 2.92. The molecule has 0 bridgehead atoms. The number of rotatable bonds is 5. The van der Waals surface area contributed by atoms with Crippen molar-refractivity contribution >= 4 is 10.0 Å². The lowest BCUT2D eigenvalue weighted by Gasteiger charge is -2.14. The topological polar surface area (TPSA) is 79.0 Å². The molecule has 0 saturated carbocycles. The quantitative estimate of drug-likeness (QED) is 0.749. The lowest BCUT2D eigenvalue weighted by Crippen LogP contribution is -2.34. The van der Waals surface area contributed by atoms with Gasteiger partial charge in [0.2, 0.25) is 15.6 Å². The lowest BCUT2D eigenvalue weighted by molar-refractivity contribution is 0.543. The highest BCUT2D eigenvalue weighted by atomic mass is 32.2. The smallest absolute Gasteiger partial charge is 0.247 e. The number of hydrogen-bond donors (Lipinski definition) is 2. The molecule has 0 aromatic carbocycles. The van der Waals surface area contributed by atoms with Gasteiger partial charge in [0.1, 0.15) is 0 Å². The van der Waals surface area contributed by atoms with Crippen LogP contribution in [0.5, 0.6) is 0 Å². The van der Waals surface area contributed by atoms with Gasteiger partial charge in [-0.1, -0.05) is 6.92 Å². The average Bonchev–Trinajstić information content (AvgIpc) is 2.28. The third-order valence-electron chi connectivity index (χ3n) is 2.24. The van der Waals surface area contributed by atoms with E-state index in [1.54, 1.807) is 0 Å². The fourth-order valence-corrected chi connectivity index (χ4v) is 2.55.